The molecule has 0 aliphatic rings. The van der Waals surface area contributed by atoms with Crippen LogP contribution in [-0.2, 0) is 23.0 Å². The molecule has 0 aliphatic carbocycles. The molecule has 0 saturated heterocycles. The van der Waals surface area contributed by atoms with E-state index in [9.17, 15) is 19.5 Å². The first-order valence-corrected chi connectivity index (χ1v) is 11.4. The minimum Gasteiger partial charge on any atom is -0.505 e. The molecule has 8 nitrogen and oxygen atoms in total. The molecule has 0 saturated carbocycles. The van der Waals surface area contributed by atoms with E-state index in [1.54, 1.807) is 13.8 Å². The van der Waals surface area contributed by atoms with Gasteiger partial charge in [0, 0.05) is 18.8 Å². The van der Waals surface area contributed by atoms with E-state index < -0.39 is 23.6 Å². The zero-order valence-electron chi connectivity index (χ0n) is 20.4. The second kappa shape index (κ2) is 11.4. The van der Waals surface area contributed by atoms with Gasteiger partial charge in [-0.2, -0.15) is 0 Å². The summed E-state index contributed by atoms with van der Waals surface area (Å²) in [6.07, 6.45) is 2.08. The molecule has 0 spiro atoms. The van der Waals surface area contributed by atoms with Gasteiger partial charge in [-0.15, -0.1) is 0 Å². The van der Waals surface area contributed by atoms with E-state index in [4.69, 9.17) is 4.74 Å². The summed E-state index contributed by atoms with van der Waals surface area (Å²) in [7, 11) is 1.53. The number of anilines is 1. The van der Waals surface area contributed by atoms with Crippen molar-refractivity contribution in [1.29, 1.82) is 0 Å². The number of aromatic nitrogens is 1. The van der Waals surface area contributed by atoms with Crippen molar-refractivity contribution < 1.29 is 19.4 Å². The molecule has 3 N–H and O–H groups in total. The van der Waals surface area contributed by atoms with Crippen molar-refractivity contribution >= 4 is 17.7 Å². The Morgan fingerprint density at radius 2 is 1.77 bits per heavy atom. The van der Waals surface area contributed by atoms with Crippen molar-refractivity contribution in [2.75, 3.05) is 11.9 Å². The Morgan fingerprint density at radius 3 is 2.46 bits per heavy atom. The summed E-state index contributed by atoms with van der Waals surface area (Å²) in [5, 5.41) is 15.5. The molecule has 0 bridgehead atoms. The standard InChI is InChI=1S/C27H31N3O5/c1-5-35-23(31)15-22(28-27(34)29-24-25(32)18(3)16-30(4)26(24)33)21-11-7-10-20(14-21)13-19-9-6-8-17(2)12-19/h6-12,14,16,22,32H,5,13,15H2,1-4H3,(H2,28,29,34)/t22-/m0/s1. The van der Waals surface area contributed by atoms with Crippen LogP contribution in [0.2, 0.25) is 0 Å². The third-order valence-corrected chi connectivity index (χ3v) is 5.60. The van der Waals surface area contributed by atoms with Gasteiger partial charge in [0.25, 0.3) is 5.56 Å². The summed E-state index contributed by atoms with van der Waals surface area (Å²) >= 11 is 0. The first-order chi connectivity index (χ1) is 16.7. The number of hydrogen-bond acceptors (Lipinski definition) is 5. The number of nitrogens with one attached hydrogen (secondary N) is 2. The molecule has 0 unspecified atom stereocenters. The lowest BCUT2D eigenvalue weighted by atomic mass is 9.97. The average molecular weight is 478 g/mol. The van der Waals surface area contributed by atoms with Crippen LogP contribution in [0.3, 0.4) is 0 Å². The SMILES string of the molecule is CCOC(=O)C[C@H](NC(=O)Nc1c(O)c(C)cn(C)c1=O)c1cccc(Cc2cccc(C)c2)c1. The predicted molar refractivity (Wildman–Crippen MR) is 135 cm³/mol. The summed E-state index contributed by atoms with van der Waals surface area (Å²) in [5.74, 6) is -0.762. The Kier molecular flexibility index (Phi) is 8.30. The number of amides is 2. The molecule has 1 atom stereocenters. The Labute approximate surface area is 204 Å². The highest BCUT2D eigenvalue weighted by Gasteiger charge is 2.22. The Bertz CT molecular complexity index is 1280. The minimum absolute atomic E-state index is 0.0903. The number of urea groups is 1. The van der Waals surface area contributed by atoms with Crippen LogP contribution in [0.5, 0.6) is 5.75 Å². The van der Waals surface area contributed by atoms with E-state index in [0.29, 0.717) is 12.0 Å². The predicted octanol–water partition coefficient (Wildman–Crippen LogP) is 4.11. The molecule has 0 radical (unpaired) electrons. The second-order valence-electron chi connectivity index (χ2n) is 8.52. The fourth-order valence-electron chi connectivity index (χ4n) is 3.92. The first kappa shape index (κ1) is 25.6. The highest BCUT2D eigenvalue weighted by atomic mass is 16.5. The fourth-order valence-corrected chi connectivity index (χ4v) is 3.92. The molecule has 1 heterocycles. The minimum atomic E-state index is -0.721. The molecule has 35 heavy (non-hydrogen) atoms. The van der Waals surface area contributed by atoms with Crippen LogP contribution in [0.1, 0.15) is 47.2 Å². The molecular weight excluding hydrogens is 446 g/mol. The largest absolute Gasteiger partial charge is 0.505 e. The van der Waals surface area contributed by atoms with Gasteiger partial charge < -0.3 is 25.0 Å². The third kappa shape index (κ3) is 6.72. The molecule has 2 amide bonds. The summed E-state index contributed by atoms with van der Waals surface area (Å²) < 4.78 is 6.37. The summed E-state index contributed by atoms with van der Waals surface area (Å²) in [4.78, 5) is 37.6. The fraction of sp³-hybridized carbons (Fsp3) is 0.296. The Hall–Kier alpha value is -4.07. The zero-order valence-corrected chi connectivity index (χ0v) is 20.4. The van der Waals surface area contributed by atoms with Crippen LogP contribution in [0, 0.1) is 13.8 Å². The van der Waals surface area contributed by atoms with Crippen molar-refractivity contribution in [3.63, 3.8) is 0 Å². The van der Waals surface area contributed by atoms with Crippen LogP contribution in [0.15, 0.2) is 59.5 Å². The molecule has 184 valence electrons. The lowest BCUT2D eigenvalue weighted by Gasteiger charge is -2.20. The monoisotopic (exact) mass is 477 g/mol. The van der Waals surface area contributed by atoms with Crippen LogP contribution >= 0.6 is 0 Å². The molecule has 3 aromatic rings. The number of hydrogen-bond donors (Lipinski definition) is 3. The number of pyridine rings is 1. The maximum absolute atomic E-state index is 12.8. The van der Waals surface area contributed by atoms with Crippen LogP contribution in [0.4, 0.5) is 10.5 Å². The number of aryl methyl sites for hydroxylation is 3. The average Bonchev–Trinajstić information content (AvgIpc) is 2.80. The van der Waals surface area contributed by atoms with E-state index in [-0.39, 0.29) is 24.5 Å². The van der Waals surface area contributed by atoms with Gasteiger partial charge in [0.05, 0.1) is 19.1 Å². The number of ether oxygens (including phenoxy) is 1. The second-order valence-corrected chi connectivity index (χ2v) is 8.52. The van der Waals surface area contributed by atoms with Gasteiger partial charge in [-0.25, -0.2) is 4.79 Å². The Morgan fingerprint density at radius 1 is 1.09 bits per heavy atom. The van der Waals surface area contributed by atoms with Crippen molar-refractivity contribution in [1.82, 2.24) is 9.88 Å². The highest BCUT2D eigenvalue weighted by Crippen LogP contribution is 2.24. The van der Waals surface area contributed by atoms with Gasteiger partial charge in [0.2, 0.25) is 0 Å². The lowest BCUT2D eigenvalue weighted by molar-refractivity contribution is -0.143. The van der Waals surface area contributed by atoms with Crippen molar-refractivity contribution in [2.24, 2.45) is 7.05 Å². The topological polar surface area (TPSA) is 110 Å². The number of benzene rings is 2. The smallest absolute Gasteiger partial charge is 0.319 e. The summed E-state index contributed by atoms with van der Waals surface area (Å²) in [6, 6.07) is 14.4. The maximum Gasteiger partial charge on any atom is 0.319 e. The van der Waals surface area contributed by atoms with Crippen LogP contribution < -0.4 is 16.2 Å². The highest BCUT2D eigenvalue weighted by molar-refractivity contribution is 5.91. The van der Waals surface area contributed by atoms with E-state index in [2.05, 4.69) is 22.8 Å². The van der Waals surface area contributed by atoms with Gasteiger partial charge >= 0.3 is 12.0 Å². The third-order valence-electron chi connectivity index (χ3n) is 5.60. The number of carbonyl (C=O) groups is 2. The number of rotatable bonds is 8. The molecular formula is C27H31N3O5. The van der Waals surface area contributed by atoms with Gasteiger partial charge in [-0.3, -0.25) is 9.59 Å². The van der Waals surface area contributed by atoms with E-state index in [1.165, 1.54) is 23.4 Å². The molecule has 0 fully saturated rings. The maximum atomic E-state index is 12.8. The number of carbonyl (C=O) groups excluding carboxylic acids is 2. The molecule has 3 rings (SSSR count). The number of esters is 1. The van der Waals surface area contributed by atoms with Crippen molar-refractivity contribution in [3.8, 4) is 5.75 Å². The summed E-state index contributed by atoms with van der Waals surface area (Å²) in [5.41, 5.74) is 3.73. The number of aromatic hydroxyl groups is 1. The van der Waals surface area contributed by atoms with E-state index >= 15 is 0 Å². The molecule has 8 heteroatoms. The summed E-state index contributed by atoms with van der Waals surface area (Å²) in [6.45, 7) is 5.60. The molecule has 2 aromatic carbocycles. The van der Waals surface area contributed by atoms with Crippen LogP contribution in [-0.4, -0.2) is 28.3 Å². The normalized spacial score (nSPS) is 11.5. The van der Waals surface area contributed by atoms with E-state index in [1.807, 2.05) is 43.3 Å². The van der Waals surface area contributed by atoms with Gasteiger partial charge in [-0.1, -0.05) is 54.1 Å². The molecule has 1 aromatic heterocycles. The lowest BCUT2D eigenvalue weighted by Crippen LogP contribution is -2.36. The Balaban J connectivity index is 1.85. The quantitative estimate of drug-likeness (QED) is 0.423. The zero-order chi connectivity index (χ0) is 25.5. The van der Waals surface area contributed by atoms with Gasteiger partial charge in [-0.05, 0) is 43.9 Å². The number of nitrogens with zero attached hydrogens (tertiary/aromatic N) is 1. The van der Waals surface area contributed by atoms with Crippen molar-refractivity contribution in [2.45, 2.75) is 39.7 Å². The van der Waals surface area contributed by atoms with Gasteiger partial charge in [0.15, 0.2) is 5.69 Å². The van der Waals surface area contributed by atoms with Crippen LogP contribution in [0.25, 0.3) is 0 Å². The van der Waals surface area contributed by atoms with E-state index in [0.717, 1.165) is 16.7 Å². The first-order valence-electron chi connectivity index (χ1n) is 11.4. The van der Waals surface area contributed by atoms with Crippen molar-refractivity contribution in [3.05, 3.63) is 92.9 Å². The molecule has 0 aliphatic heterocycles. The van der Waals surface area contributed by atoms with Gasteiger partial charge in [0.1, 0.15) is 5.75 Å².